The Morgan fingerprint density at radius 1 is 0.944 bits per heavy atom. The number of benzene rings is 2. The van der Waals surface area contributed by atoms with Gasteiger partial charge < -0.3 is 0 Å². The van der Waals surface area contributed by atoms with E-state index in [1.54, 1.807) is 18.2 Å². The van der Waals surface area contributed by atoms with Crippen molar-refractivity contribution >= 4 is 16.1 Å². The van der Waals surface area contributed by atoms with Gasteiger partial charge in [0.25, 0.3) is 0 Å². The van der Waals surface area contributed by atoms with Gasteiger partial charge in [0.15, 0.2) is 12.1 Å². The minimum atomic E-state index is -3.94. The summed E-state index contributed by atoms with van der Waals surface area (Å²) in [6.45, 7) is 0. The Kier molecular flexibility index (Phi) is 3.25. The van der Waals surface area contributed by atoms with Gasteiger partial charge in [-0.2, -0.15) is 0 Å². The summed E-state index contributed by atoms with van der Waals surface area (Å²) in [6.07, 6.45) is 0.291. The average molecular weight is 264 g/mol. The van der Waals surface area contributed by atoms with E-state index in [1.165, 1.54) is 24.3 Å². The first-order valence-electron chi connectivity index (χ1n) is 5.11. The third-order valence-electron chi connectivity index (χ3n) is 2.46. The highest BCUT2D eigenvalue weighted by Gasteiger charge is 2.22. The van der Waals surface area contributed by atoms with E-state index < -0.39 is 20.5 Å². The summed E-state index contributed by atoms with van der Waals surface area (Å²) in [5, 5.41) is 0. The quantitative estimate of drug-likeness (QED) is 0.800. The lowest BCUT2D eigenvalue weighted by Gasteiger charge is -2.06. The molecule has 2 aromatic rings. The molecule has 0 unspecified atom stereocenters. The monoisotopic (exact) mass is 264 g/mol. The zero-order chi connectivity index (χ0) is 13.2. The lowest BCUT2D eigenvalue weighted by Crippen LogP contribution is -2.06. The fourth-order valence-electron chi connectivity index (χ4n) is 1.55. The second kappa shape index (κ2) is 4.70. The summed E-state index contributed by atoms with van der Waals surface area (Å²) < 4.78 is 38.2. The van der Waals surface area contributed by atoms with Crippen molar-refractivity contribution in [3.05, 3.63) is 59.9 Å². The van der Waals surface area contributed by atoms with E-state index in [0.717, 1.165) is 6.07 Å². The highest BCUT2D eigenvalue weighted by Crippen LogP contribution is 2.24. The molecule has 0 aliphatic heterocycles. The molecule has 2 aromatic carbocycles. The number of hydrogen-bond acceptors (Lipinski definition) is 3. The van der Waals surface area contributed by atoms with Crippen molar-refractivity contribution < 1.29 is 17.6 Å². The Bertz CT molecular complexity index is 679. The number of carbonyl (C=O) groups excluding carboxylic acids is 1. The summed E-state index contributed by atoms with van der Waals surface area (Å²) in [4.78, 5) is 10.1. The molecule has 2 rings (SSSR count). The van der Waals surface area contributed by atoms with Crippen molar-refractivity contribution in [1.29, 1.82) is 0 Å². The number of sulfone groups is 1. The lowest BCUT2D eigenvalue weighted by atomic mass is 10.2. The molecular weight excluding hydrogens is 255 g/mol. The van der Waals surface area contributed by atoms with Crippen molar-refractivity contribution in [2.24, 2.45) is 0 Å². The molecule has 0 amide bonds. The first kappa shape index (κ1) is 12.4. The van der Waals surface area contributed by atoms with Crippen molar-refractivity contribution in [3.8, 4) is 0 Å². The second-order valence-corrected chi connectivity index (χ2v) is 5.51. The molecule has 18 heavy (non-hydrogen) atoms. The van der Waals surface area contributed by atoms with E-state index in [9.17, 15) is 17.6 Å². The number of hydrogen-bond donors (Lipinski definition) is 0. The van der Waals surface area contributed by atoms with Gasteiger partial charge in [0, 0.05) is 0 Å². The predicted octanol–water partition coefficient (Wildman–Crippen LogP) is 2.47. The predicted molar refractivity (Wildman–Crippen MR) is 63.7 cm³/mol. The van der Waals surface area contributed by atoms with Crippen LogP contribution in [-0.2, 0) is 9.84 Å². The first-order chi connectivity index (χ1) is 8.57. The second-order valence-electron chi connectivity index (χ2n) is 3.59. The molecule has 0 saturated carbocycles. The van der Waals surface area contributed by atoms with E-state index in [1.807, 2.05) is 0 Å². The molecule has 0 radical (unpaired) electrons. The molecule has 92 valence electrons. The summed E-state index contributed by atoms with van der Waals surface area (Å²) >= 11 is 0. The zero-order valence-electron chi connectivity index (χ0n) is 9.21. The Balaban J connectivity index is 2.66. The highest BCUT2D eigenvalue weighted by molar-refractivity contribution is 7.91. The van der Waals surface area contributed by atoms with Crippen LogP contribution in [0.15, 0.2) is 58.3 Å². The summed E-state index contributed by atoms with van der Waals surface area (Å²) in [5.74, 6) is -1.02. The molecule has 0 aliphatic carbocycles. The molecule has 0 aromatic heterocycles. The number of halogens is 1. The van der Waals surface area contributed by atoms with Crippen molar-refractivity contribution in [3.63, 3.8) is 0 Å². The van der Waals surface area contributed by atoms with E-state index in [4.69, 9.17) is 0 Å². The van der Waals surface area contributed by atoms with Gasteiger partial charge in [-0.3, -0.25) is 4.79 Å². The Morgan fingerprint density at radius 3 is 2.22 bits per heavy atom. The van der Waals surface area contributed by atoms with Crippen LogP contribution in [0, 0.1) is 5.82 Å². The minimum absolute atomic E-state index is 0.00745. The van der Waals surface area contributed by atoms with Crippen LogP contribution in [0.1, 0.15) is 10.4 Å². The molecule has 0 fully saturated rings. The molecule has 0 aliphatic rings. The third-order valence-corrected chi connectivity index (χ3v) is 4.25. The van der Waals surface area contributed by atoms with Gasteiger partial charge in [0.2, 0.25) is 9.84 Å². The van der Waals surface area contributed by atoms with Crippen LogP contribution in [0.4, 0.5) is 4.39 Å². The summed E-state index contributed by atoms with van der Waals surface area (Å²) in [7, 11) is -3.94. The van der Waals surface area contributed by atoms with Crippen LogP contribution in [0.5, 0.6) is 0 Å². The fourth-order valence-corrected chi connectivity index (χ4v) is 2.93. The van der Waals surface area contributed by atoms with Gasteiger partial charge in [-0.05, 0) is 24.3 Å². The number of rotatable bonds is 3. The number of aldehydes is 1. The SMILES string of the molecule is O=Cc1cccc(S(=O)(=O)c2ccccc2)c1F. The van der Waals surface area contributed by atoms with Gasteiger partial charge in [-0.15, -0.1) is 0 Å². The normalized spacial score (nSPS) is 11.2. The van der Waals surface area contributed by atoms with Crippen LogP contribution < -0.4 is 0 Å². The molecule has 0 N–H and O–H groups in total. The topological polar surface area (TPSA) is 51.2 Å². The molecule has 3 nitrogen and oxygen atoms in total. The maximum absolute atomic E-state index is 13.8. The van der Waals surface area contributed by atoms with Crippen LogP contribution in [0.3, 0.4) is 0 Å². The van der Waals surface area contributed by atoms with E-state index in [0.29, 0.717) is 6.29 Å². The summed E-state index contributed by atoms with van der Waals surface area (Å²) in [5.41, 5.74) is -0.271. The third kappa shape index (κ3) is 2.04. The van der Waals surface area contributed by atoms with Crippen LogP contribution >= 0.6 is 0 Å². The Labute approximate surface area is 104 Å². The molecule has 0 spiro atoms. The van der Waals surface area contributed by atoms with Gasteiger partial charge in [-0.25, -0.2) is 12.8 Å². The maximum atomic E-state index is 13.8. The zero-order valence-corrected chi connectivity index (χ0v) is 10.0. The van der Waals surface area contributed by atoms with Gasteiger partial charge in [0.1, 0.15) is 4.90 Å². The smallest absolute Gasteiger partial charge is 0.209 e. The van der Waals surface area contributed by atoms with Crippen molar-refractivity contribution in [2.75, 3.05) is 0 Å². The standard InChI is InChI=1S/C13H9FO3S/c14-13-10(9-15)5-4-8-12(13)18(16,17)11-6-2-1-3-7-11/h1-9H. The minimum Gasteiger partial charge on any atom is -0.298 e. The molecule has 0 bridgehead atoms. The van der Waals surface area contributed by atoms with Gasteiger partial charge in [-0.1, -0.05) is 24.3 Å². The van der Waals surface area contributed by atoms with Gasteiger partial charge in [0.05, 0.1) is 10.5 Å². The lowest BCUT2D eigenvalue weighted by molar-refractivity contribution is 0.111. The molecular formula is C13H9FO3S. The Morgan fingerprint density at radius 2 is 1.61 bits per heavy atom. The van der Waals surface area contributed by atoms with Gasteiger partial charge >= 0.3 is 0 Å². The fraction of sp³-hybridized carbons (Fsp3) is 0. The van der Waals surface area contributed by atoms with Crippen LogP contribution in [0.25, 0.3) is 0 Å². The average Bonchev–Trinajstić information content (AvgIpc) is 2.40. The largest absolute Gasteiger partial charge is 0.298 e. The van der Waals surface area contributed by atoms with E-state index in [-0.39, 0.29) is 10.5 Å². The number of carbonyl (C=O) groups is 1. The van der Waals surface area contributed by atoms with Crippen molar-refractivity contribution in [1.82, 2.24) is 0 Å². The molecule has 0 atom stereocenters. The molecule has 0 saturated heterocycles. The molecule has 5 heteroatoms. The molecule has 0 heterocycles. The highest BCUT2D eigenvalue weighted by atomic mass is 32.2. The summed E-state index contributed by atoms with van der Waals surface area (Å²) in [6, 6.07) is 11.2. The van der Waals surface area contributed by atoms with E-state index in [2.05, 4.69) is 0 Å². The van der Waals surface area contributed by atoms with Crippen molar-refractivity contribution in [2.45, 2.75) is 9.79 Å². The van der Waals surface area contributed by atoms with Crippen LogP contribution in [-0.4, -0.2) is 14.7 Å². The van der Waals surface area contributed by atoms with E-state index >= 15 is 0 Å². The maximum Gasteiger partial charge on any atom is 0.209 e. The first-order valence-corrected chi connectivity index (χ1v) is 6.59. The van der Waals surface area contributed by atoms with Crippen LogP contribution in [0.2, 0.25) is 0 Å². The Hall–Kier alpha value is -2.01.